The maximum absolute atomic E-state index is 6.01. The van der Waals surface area contributed by atoms with Crippen molar-refractivity contribution in [1.82, 2.24) is 10.3 Å². The molecule has 1 aliphatic rings. The van der Waals surface area contributed by atoms with Gasteiger partial charge < -0.3 is 21.1 Å². The van der Waals surface area contributed by atoms with Crippen LogP contribution in [0.5, 0.6) is 5.88 Å². The van der Waals surface area contributed by atoms with Crippen molar-refractivity contribution < 1.29 is 4.74 Å². The molecular weight excluding hydrogens is 478 g/mol. The number of hydrogen-bond donors (Lipinski definition) is 3. The summed E-state index contributed by atoms with van der Waals surface area (Å²) >= 11 is 3.58. The van der Waals surface area contributed by atoms with E-state index in [4.69, 9.17) is 10.5 Å². The third kappa shape index (κ3) is 7.73. The van der Waals surface area contributed by atoms with Crippen LogP contribution in [-0.4, -0.2) is 44.0 Å². The highest BCUT2D eigenvalue weighted by molar-refractivity contribution is 9.10. The SMILES string of the molecule is CN=C/C(=C\N)c1cnc2c(c1)NCC(CNCCc1ccccc1Br)O2.c1ccccc1. The lowest BCUT2D eigenvalue weighted by Gasteiger charge is -2.27. The average Bonchev–Trinajstić information content (AvgIpc) is 2.87. The molecule has 0 radical (unpaired) electrons. The first kappa shape index (κ1) is 24.5. The maximum Gasteiger partial charge on any atom is 0.237 e. The van der Waals surface area contributed by atoms with Crippen LogP contribution in [-0.2, 0) is 6.42 Å². The Bertz CT molecular complexity index is 1030. The lowest BCUT2D eigenvalue weighted by Crippen LogP contribution is -2.40. The molecule has 7 heteroatoms. The van der Waals surface area contributed by atoms with Crippen LogP contribution in [0.3, 0.4) is 0 Å². The Morgan fingerprint density at radius 2 is 1.94 bits per heavy atom. The Kier molecular flexibility index (Phi) is 9.94. The fourth-order valence-corrected chi connectivity index (χ4v) is 3.78. The van der Waals surface area contributed by atoms with Crippen LogP contribution in [0.15, 0.2) is 88.6 Å². The quantitative estimate of drug-likeness (QED) is 0.323. The standard InChI is InChI=1S/C20H24BrN5O.C6H6/c1-23-10-16(9-22)15-8-19-20(26-11-15)27-17(13-25-19)12-24-7-6-14-4-2-3-5-18(14)21;1-2-4-6-5-3-1/h2-5,8-11,17,24-25H,6-7,12-13,22H2,1H3;1-6H/b16-9+,23-10?;. The van der Waals surface area contributed by atoms with Gasteiger partial charge in [0, 0.05) is 47.8 Å². The lowest BCUT2D eigenvalue weighted by molar-refractivity contribution is 0.194. The number of fused-ring (bicyclic) bond motifs is 1. The van der Waals surface area contributed by atoms with Gasteiger partial charge in [-0.15, -0.1) is 0 Å². The number of nitrogens with zero attached hydrogens (tertiary/aromatic N) is 2. The Hall–Kier alpha value is -3.16. The van der Waals surface area contributed by atoms with Gasteiger partial charge in [-0.1, -0.05) is 70.5 Å². The van der Waals surface area contributed by atoms with E-state index in [0.29, 0.717) is 5.88 Å². The van der Waals surface area contributed by atoms with Crippen molar-refractivity contribution in [2.45, 2.75) is 12.5 Å². The van der Waals surface area contributed by atoms with E-state index in [1.165, 1.54) is 11.8 Å². The summed E-state index contributed by atoms with van der Waals surface area (Å²) in [6, 6.07) is 22.3. The minimum Gasteiger partial charge on any atom is -0.470 e. The van der Waals surface area contributed by atoms with Crippen molar-refractivity contribution in [3.8, 4) is 5.88 Å². The fourth-order valence-electron chi connectivity index (χ4n) is 3.29. The molecule has 0 fully saturated rings. The lowest BCUT2D eigenvalue weighted by atomic mass is 10.1. The Labute approximate surface area is 204 Å². The molecule has 172 valence electrons. The van der Waals surface area contributed by atoms with Crippen molar-refractivity contribution in [2.75, 3.05) is 32.0 Å². The smallest absolute Gasteiger partial charge is 0.237 e. The number of hydrogen-bond acceptors (Lipinski definition) is 6. The predicted molar refractivity (Wildman–Crippen MR) is 141 cm³/mol. The molecular formula is C26H30BrN5O. The number of ether oxygens (including phenoxy) is 1. The third-order valence-corrected chi connectivity index (χ3v) is 5.77. The number of allylic oxidation sites excluding steroid dienone is 1. The highest BCUT2D eigenvalue weighted by Gasteiger charge is 2.20. The summed E-state index contributed by atoms with van der Waals surface area (Å²) in [7, 11) is 1.71. The predicted octanol–water partition coefficient (Wildman–Crippen LogP) is 4.54. The van der Waals surface area contributed by atoms with Gasteiger partial charge >= 0.3 is 0 Å². The number of nitrogens with one attached hydrogen (secondary N) is 2. The normalized spacial score (nSPS) is 15.1. The molecule has 0 saturated carbocycles. The Balaban J connectivity index is 0.000000442. The van der Waals surface area contributed by atoms with Gasteiger partial charge in [-0.25, -0.2) is 4.98 Å². The largest absolute Gasteiger partial charge is 0.470 e. The van der Waals surface area contributed by atoms with Crippen molar-refractivity contribution in [3.05, 3.63) is 94.7 Å². The minimum atomic E-state index is 0.0387. The topological polar surface area (TPSA) is 84.6 Å². The van der Waals surface area contributed by atoms with E-state index in [9.17, 15) is 0 Å². The van der Waals surface area contributed by atoms with E-state index in [-0.39, 0.29) is 6.10 Å². The molecule has 3 aromatic rings. The summed E-state index contributed by atoms with van der Waals surface area (Å²) in [6.45, 7) is 2.38. The second kappa shape index (κ2) is 13.4. The van der Waals surface area contributed by atoms with Gasteiger partial charge in [0.2, 0.25) is 5.88 Å². The zero-order chi connectivity index (χ0) is 23.3. The minimum absolute atomic E-state index is 0.0387. The molecule has 0 bridgehead atoms. The van der Waals surface area contributed by atoms with Crippen LogP contribution >= 0.6 is 15.9 Å². The molecule has 1 aromatic heterocycles. The highest BCUT2D eigenvalue weighted by Crippen LogP contribution is 2.29. The molecule has 6 nitrogen and oxygen atoms in total. The van der Waals surface area contributed by atoms with Crippen LogP contribution in [0.4, 0.5) is 5.69 Å². The first-order valence-electron chi connectivity index (χ1n) is 10.9. The molecule has 0 saturated heterocycles. The van der Waals surface area contributed by atoms with E-state index in [0.717, 1.165) is 47.4 Å². The molecule has 0 spiro atoms. The summed E-state index contributed by atoms with van der Waals surface area (Å²) in [5, 5.41) is 6.85. The molecule has 2 heterocycles. The van der Waals surface area contributed by atoms with Gasteiger partial charge in [-0.05, 0) is 30.7 Å². The summed E-state index contributed by atoms with van der Waals surface area (Å²) in [4.78, 5) is 8.44. The van der Waals surface area contributed by atoms with Gasteiger partial charge in [0.05, 0.1) is 12.2 Å². The van der Waals surface area contributed by atoms with Crippen LogP contribution in [0, 0.1) is 0 Å². The zero-order valence-corrected chi connectivity index (χ0v) is 20.3. The first-order valence-corrected chi connectivity index (χ1v) is 11.7. The molecule has 1 aliphatic heterocycles. The number of nitrogens with two attached hydrogens (primary N) is 1. The zero-order valence-electron chi connectivity index (χ0n) is 18.7. The number of benzene rings is 2. The molecule has 0 aliphatic carbocycles. The molecule has 1 unspecified atom stereocenters. The summed E-state index contributed by atoms with van der Waals surface area (Å²) in [6.07, 6.45) is 6.00. The highest BCUT2D eigenvalue weighted by atomic mass is 79.9. The number of halogens is 1. The average molecular weight is 508 g/mol. The van der Waals surface area contributed by atoms with Gasteiger partial charge in [-0.3, -0.25) is 4.99 Å². The second-order valence-corrected chi connectivity index (χ2v) is 8.26. The molecule has 2 aromatic carbocycles. The Morgan fingerprint density at radius 3 is 2.61 bits per heavy atom. The van der Waals surface area contributed by atoms with Crippen molar-refractivity contribution in [3.63, 3.8) is 0 Å². The van der Waals surface area contributed by atoms with E-state index in [1.807, 2.05) is 48.5 Å². The van der Waals surface area contributed by atoms with Crippen molar-refractivity contribution in [1.29, 1.82) is 0 Å². The fraction of sp³-hybridized carbons (Fsp3) is 0.231. The molecule has 1 atom stereocenters. The monoisotopic (exact) mass is 507 g/mol. The summed E-state index contributed by atoms with van der Waals surface area (Å²) in [5.74, 6) is 0.618. The van der Waals surface area contributed by atoms with Crippen LogP contribution < -0.4 is 21.1 Å². The number of rotatable bonds is 7. The number of aliphatic imine (C=N–C) groups is 1. The molecule has 4 rings (SSSR count). The summed E-state index contributed by atoms with van der Waals surface area (Å²) < 4.78 is 7.16. The van der Waals surface area contributed by atoms with E-state index in [2.05, 4.69) is 54.7 Å². The Morgan fingerprint density at radius 1 is 1.21 bits per heavy atom. The molecule has 4 N–H and O–H groups in total. The van der Waals surface area contributed by atoms with E-state index >= 15 is 0 Å². The van der Waals surface area contributed by atoms with Crippen LogP contribution in [0.2, 0.25) is 0 Å². The number of pyridine rings is 1. The maximum atomic E-state index is 6.01. The van der Waals surface area contributed by atoms with Crippen molar-refractivity contribution >= 4 is 33.4 Å². The first-order chi connectivity index (χ1) is 16.2. The van der Waals surface area contributed by atoms with E-state index < -0.39 is 0 Å². The van der Waals surface area contributed by atoms with Crippen LogP contribution in [0.1, 0.15) is 11.1 Å². The molecule has 0 amide bonds. The second-order valence-electron chi connectivity index (χ2n) is 7.41. The third-order valence-electron chi connectivity index (χ3n) is 5.00. The van der Waals surface area contributed by atoms with Gasteiger partial charge in [0.1, 0.15) is 6.10 Å². The number of anilines is 1. The van der Waals surface area contributed by atoms with E-state index in [1.54, 1.807) is 19.5 Å². The number of aromatic nitrogens is 1. The molecule has 33 heavy (non-hydrogen) atoms. The van der Waals surface area contributed by atoms with Gasteiger partial charge in [0.15, 0.2) is 0 Å². The van der Waals surface area contributed by atoms with Gasteiger partial charge in [-0.2, -0.15) is 0 Å². The van der Waals surface area contributed by atoms with Crippen LogP contribution in [0.25, 0.3) is 5.57 Å². The summed E-state index contributed by atoms with van der Waals surface area (Å²) in [5.41, 5.74) is 9.57. The van der Waals surface area contributed by atoms with Gasteiger partial charge in [0.25, 0.3) is 0 Å². The van der Waals surface area contributed by atoms with Crippen molar-refractivity contribution in [2.24, 2.45) is 10.7 Å².